The van der Waals surface area contributed by atoms with E-state index >= 15 is 0 Å². The van der Waals surface area contributed by atoms with Gasteiger partial charge in [-0.3, -0.25) is 0 Å². The highest BCUT2D eigenvalue weighted by Crippen LogP contribution is 2.13. The average Bonchev–Trinajstić information content (AvgIpc) is 3.04. The summed E-state index contributed by atoms with van der Waals surface area (Å²) in [5, 5.41) is 3.80. The third-order valence-corrected chi connectivity index (χ3v) is 2.51. The quantitative estimate of drug-likeness (QED) is 0.715. The zero-order valence-electron chi connectivity index (χ0n) is 14.1. The van der Waals surface area contributed by atoms with E-state index in [0.717, 1.165) is 11.3 Å². The van der Waals surface area contributed by atoms with E-state index in [1.165, 1.54) is 0 Å². The zero-order chi connectivity index (χ0) is 17.1. The van der Waals surface area contributed by atoms with Crippen molar-refractivity contribution >= 4 is 0 Å². The van der Waals surface area contributed by atoms with Crippen LogP contribution in [0.15, 0.2) is 47.1 Å². The first-order valence-electron chi connectivity index (χ1n) is 7.38. The van der Waals surface area contributed by atoms with Gasteiger partial charge in [0.15, 0.2) is 0 Å². The second-order valence-corrected chi connectivity index (χ2v) is 4.19. The molecular formula is C17H22N4O2. The van der Waals surface area contributed by atoms with Crippen LogP contribution in [0.5, 0.6) is 6.01 Å². The molecule has 2 aromatic heterocycles. The summed E-state index contributed by atoms with van der Waals surface area (Å²) in [7, 11) is 1.55. The topological polar surface area (TPSA) is 73.9 Å². The van der Waals surface area contributed by atoms with Crippen LogP contribution in [0.25, 0.3) is 11.4 Å². The maximum atomic E-state index is 4.86. The number of aryl methyl sites for hydroxylation is 2. The normalized spacial score (nSPS) is 9.09. The molecule has 0 amide bonds. The molecule has 0 saturated carbocycles. The van der Waals surface area contributed by atoms with E-state index in [-0.39, 0.29) is 0 Å². The lowest BCUT2D eigenvalue weighted by Gasteiger charge is -1.95. The van der Waals surface area contributed by atoms with Crippen molar-refractivity contribution in [3.8, 4) is 17.4 Å². The number of hydrogen-bond acceptors (Lipinski definition) is 6. The summed E-state index contributed by atoms with van der Waals surface area (Å²) < 4.78 is 9.63. The molecule has 6 nitrogen and oxygen atoms in total. The van der Waals surface area contributed by atoms with E-state index in [4.69, 9.17) is 9.26 Å². The van der Waals surface area contributed by atoms with Crippen molar-refractivity contribution in [2.75, 3.05) is 7.11 Å². The van der Waals surface area contributed by atoms with Gasteiger partial charge >= 0.3 is 6.01 Å². The van der Waals surface area contributed by atoms with Gasteiger partial charge in [0, 0.05) is 24.4 Å². The molecule has 23 heavy (non-hydrogen) atoms. The van der Waals surface area contributed by atoms with Gasteiger partial charge in [-0.2, -0.15) is 4.98 Å². The molecule has 0 bridgehead atoms. The highest BCUT2D eigenvalue weighted by molar-refractivity contribution is 5.53. The van der Waals surface area contributed by atoms with E-state index in [2.05, 4.69) is 20.1 Å². The molecule has 0 unspecified atom stereocenters. The molecule has 0 aliphatic carbocycles. The van der Waals surface area contributed by atoms with Gasteiger partial charge in [0.25, 0.3) is 0 Å². The monoisotopic (exact) mass is 314 g/mol. The van der Waals surface area contributed by atoms with Crippen LogP contribution in [0.3, 0.4) is 0 Å². The van der Waals surface area contributed by atoms with Crippen molar-refractivity contribution in [3.05, 3.63) is 54.2 Å². The highest BCUT2D eigenvalue weighted by Gasteiger charge is 2.02. The molecule has 0 saturated heterocycles. The van der Waals surface area contributed by atoms with Crippen LogP contribution >= 0.6 is 0 Å². The SMILES string of the molecule is CC.COc1nccc(C)n1.Cc1nc(-c2ccccc2)no1. The van der Waals surface area contributed by atoms with Gasteiger partial charge in [-0.1, -0.05) is 49.3 Å². The van der Waals surface area contributed by atoms with Crippen molar-refractivity contribution in [1.82, 2.24) is 20.1 Å². The molecule has 1 aromatic carbocycles. The number of methoxy groups -OCH3 is 1. The molecule has 2 heterocycles. The number of aromatic nitrogens is 4. The van der Waals surface area contributed by atoms with Crippen LogP contribution in [0.1, 0.15) is 25.4 Å². The first kappa shape index (κ1) is 18.3. The predicted molar refractivity (Wildman–Crippen MR) is 89.1 cm³/mol. The van der Waals surface area contributed by atoms with Gasteiger partial charge in [-0.25, -0.2) is 9.97 Å². The Balaban J connectivity index is 0.000000215. The molecular weight excluding hydrogens is 292 g/mol. The van der Waals surface area contributed by atoms with Crippen molar-refractivity contribution < 1.29 is 9.26 Å². The van der Waals surface area contributed by atoms with Gasteiger partial charge in [0.2, 0.25) is 11.7 Å². The summed E-state index contributed by atoms with van der Waals surface area (Å²) >= 11 is 0. The Labute approximate surface area is 136 Å². The van der Waals surface area contributed by atoms with E-state index in [1.807, 2.05) is 57.2 Å². The molecule has 0 atom stereocenters. The Bertz CT molecular complexity index is 684. The van der Waals surface area contributed by atoms with Crippen LogP contribution in [0.4, 0.5) is 0 Å². The Morgan fingerprint density at radius 3 is 2.13 bits per heavy atom. The Morgan fingerprint density at radius 1 is 0.957 bits per heavy atom. The summed E-state index contributed by atoms with van der Waals surface area (Å²) in [6.07, 6.45) is 1.67. The van der Waals surface area contributed by atoms with Crippen molar-refractivity contribution in [2.24, 2.45) is 0 Å². The number of nitrogens with zero attached hydrogens (tertiary/aromatic N) is 4. The van der Waals surface area contributed by atoms with Crippen LogP contribution in [-0.4, -0.2) is 27.2 Å². The summed E-state index contributed by atoms with van der Waals surface area (Å²) in [4.78, 5) is 11.9. The maximum Gasteiger partial charge on any atom is 0.316 e. The third-order valence-electron chi connectivity index (χ3n) is 2.51. The average molecular weight is 314 g/mol. The fraction of sp³-hybridized carbons (Fsp3) is 0.294. The van der Waals surface area contributed by atoms with Gasteiger partial charge in [0.05, 0.1) is 7.11 Å². The third kappa shape index (κ3) is 6.25. The molecule has 0 spiro atoms. The molecule has 122 valence electrons. The number of ether oxygens (including phenoxy) is 1. The molecule has 0 radical (unpaired) electrons. The van der Waals surface area contributed by atoms with Crippen LogP contribution in [0.2, 0.25) is 0 Å². The predicted octanol–water partition coefficient (Wildman–Crippen LogP) is 3.86. The first-order valence-corrected chi connectivity index (χ1v) is 7.38. The fourth-order valence-electron chi connectivity index (χ4n) is 1.53. The molecule has 3 aromatic rings. The lowest BCUT2D eigenvalue weighted by atomic mass is 10.2. The second-order valence-electron chi connectivity index (χ2n) is 4.19. The maximum absolute atomic E-state index is 4.86. The minimum absolute atomic E-state index is 0.426. The first-order chi connectivity index (χ1) is 11.2. The summed E-state index contributed by atoms with van der Waals surface area (Å²) in [5.74, 6) is 1.24. The molecule has 6 heteroatoms. The zero-order valence-corrected chi connectivity index (χ0v) is 14.1. The van der Waals surface area contributed by atoms with E-state index in [1.54, 1.807) is 20.2 Å². The van der Waals surface area contributed by atoms with Crippen LogP contribution in [-0.2, 0) is 0 Å². The Kier molecular flexibility index (Phi) is 7.99. The van der Waals surface area contributed by atoms with Crippen LogP contribution < -0.4 is 4.74 Å². The lowest BCUT2D eigenvalue weighted by Crippen LogP contribution is -1.91. The van der Waals surface area contributed by atoms with Crippen molar-refractivity contribution in [2.45, 2.75) is 27.7 Å². The standard InChI is InChI=1S/C9H8N2O.C6H8N2O.C2H6/c1-7-10-9(11-12-7)8-5-3-2-4-6-8;1-5-3-4-7-6(8-5)9-2;1-2/h2-6H,1H3;3-4H,1-2H3;1-2H3. The lowest BCUT2D eigenvalue weighted by molar-refractivity contribution is 0.378. The van der Waals surface area contributed by atoms with E-state index in [0.29, 0.717) is 17.7 Å². The van der Waals surface area contributed by atoms with Gasteiger partial charge in [-0.05, 0) is 13.0 Å². The Morgan fingerprint density at radius 2 is 1.65 bits per heavy atom. The second kappa shape index (κ2) is 10.0. The number of hydrogen-bond donors (Lipinski definition) is 0. The summed E-state index contributed by atoms with van der Waals surface area (Å²) in [6.45, 7) is 7.67. The number of rotatable bonds is 2. The Hall–Kier alpha value is -2.76. The molecule has 3 rings (SSSR count). The highest BCUT2D eigenvalue weighted by atomic mass is 16.5. The summed E-state index contributed by atoms with van der Waals surface area (Å²) in [6, 6.07) is 12.0. The van der Waals surface area contributed by atoms with E-state index in [9.17, 15) is 0 Å². The van der Waals surface area contributed by atoms with Gasteiger partial charge in [0.1, 0.15) is 0 Å². The smallest absolute Gasteiger partial charge is 0.316 e. The van der Waals surface area contributed by atoms with Crippen LogP contribution in [0, 0.1) is 13.8 Å². The molecule has 0 aliphatic rings. The molecule has 0 N–H and O–H groups in total. The minimum Gasteiger partial charge on any atom is -0.467 e. The largest absolute Gasteiger partial charge is 0.467 e. The fourth-order valence-corrected chi connectivity index (χ4v) is 1.53. The van der Waals surface area contributed by atoms with Gasteiger partial charge < -0.3 is 9.26 Å². The number of benzene rings is 1. The van der Waals surface area contributed by atoms with Crippen molar-refractivity contribution in [1.29, 1.82) is 0 Å². The van der Waals surface area contributed by atoms with E-state index < -0.39 is 0 Å². The summed E-state index contributed by atoms with van der Waals surface area (Å²) in [5.41, 5.74) is 1.90. The van der Waals surface area contributed by atoms with Gasteiger partial charge in [-0.15, -0.1) is 0 Å². The minimum atomic E-state index is 0.426. The van der Waals surface area contributed by atoms with Crippen molar-refractivity contribution in [3.63, 3.8) is 0 Å². The molecule has 0 aliphatic heterocycles. The molecule has 0 fully saturated rings.